The maximum atomic E-state index is 10.2. The van der Waals surface area contributed by atoms with Crippen molar-refractivity contribution in [1.29, 1.82) is 0 Å². The third-order valence-corrected chi connectivity index (χ3v) is 3.19. The molecule has 130 valence electrons. The second-order valence-electron chi connectivity index (χ2n) is 5.06. The van der Waals surface area contributed by atoms with Crippen LogP contribution in [-0.2, 0) is 14.6 Å². The highest BCUT2D eigenvalue weighted by molar-refractivity contribution is 7.81. The quantitative estimate of drug-likeness (QED) is 0.216. The van der Waals surface area contributed by atoms with Crippen LogP contribution in [0, 0.1) is 0 Å². The van der Waals surface area contributed by atoms with Crippen LogP contribution in [0.1, 0.15) is 78.1 Å². The van der Waals surface area contributed by atoms with E-state index >= 15 is 0 Å². The average Bonchev–Trinajstić information content (AvgIpc) is 2.34. The Hall–Kier alpha value is 0.180. The largest absolute Gasteiger partial charge is 0.397 e. The predicted octanol–water partition coefficient (Wildman–Crippen LogP) is 3.98. The first kappa shape index (κ1) is 23.4. The minimum absolute atomic E-state index is 0.0926. The van der Waals surface area contributed by atoms with Crippen LogP contribution in [0.5, 0.6) is 0 Å². The second kappa shape index (κ2) is 16.5. The zero-order valence-electron chi connectivity index (χ0n) is 13.3. The van der Waals surface area contributed by atoms with Gasteiger partial charge < -0.3 is 5.11 Å². The van der Waals surface area contributed by atoms with Crippen LogP contribution in [0.2, 0.25) is 0 Å². The lowest BCUT2D eigenvalue weighted by molar-refractivity contribution is 0.261. The van der Waals surface area contributed by atoms with Crippen LogP contribution >= 0.6 is 12.6 Å². The van der Waals surface area contributed by atoms with Crippen LogP contribution < -0.4 is 0 Å². The van der Waals surface area contributed by atoms with Crippen LogP contribution in [0.4, 0.5) is 0 Å². The van der Waals surface area contributed by atoms with Gasteiger partial charge in [-0.15, -0.1) is 12.6 Å². The lowest BCUT2D eigenvalue weighted by Crippen LogP contribution is -2.04. The lowest BCUT2D eigenvalue weighted by Gasteiger charge is -2.02. The predicted molar refractivity (Wildman–Crippen MR) is 90.0 cm³/mol. The molecule has 0 saturated heterocycles. The molecule has 0 heterocycles. The van der Waals surface area contributed by atoms with Crippen LogP contribution in [0.15, 0.2) is 0 Å². The second-order valence-corrected chi connectivity index (χ2v) is 6.90. The van der Waals surface area contributed by atoms with Gasteiger partial charge in [0.25, 0.3) is 0 Å². The van der Waals surface area contributed by atoms with Gasteiger partial charge in [-0.1, -0.05) is 64.7 Å². The third-order valence-electron chi connectivity index (χ3n) is 2.73. The molecule has 5 nitrogen and oxygen atoms in total. The van der Waals surface area contributed by atoms with Crippen molar-refractivity contribution < 1.29 is 22.3 Å². The Bertz CT molecular complexity index is 289. The fourth-order valence-electron chi connectivity index (χ4n) is 1.75. The van der Waals surface area contributed by atoms with Gasteiger partial charge in [0.2, 0.25) is 0 Å². The van der Waals surface area contributed by atoms with Crippen molar-refractivity contribution in [3.63, 3.8) is 0 Å². The summed E-state index contributed by atoms with van der Waals surface area (Å²) in [4.78, 5) is 0. The van der Waals surface area contributed by atoms with Gasteiger partial charge in [-0.05, 0) is 13.3 Å². The van der Waals surface area contributed by atoms with E-state index in [0.717, 1.165) is 12.8 Å². The molecule has 0 aromatic rings. The molecule has 0 saturated carbocycles. The van der Waals surface area contributed by atoms with Crippen LogP contribution in [0.25, 0.3) is 0 Å². The highest BCUT2D eigenvalue weighted by Crippen LogP contribution is 2.10. The van der Waals surface area contributed by atoms with Gasteiger partial charge in [0.1, 0.15) is 0 Å². The molecule has 0 aromatic heterocycles. The fourth-order valence-corrected chi connectivity index (χ4v) is 2.08. The SMILES string of the molecule is CC(O)S.CCCCCCCCCCCCOS(=O)(=O)O. The number of unbranched alkanes of at least 4 members (excludes halogenated alkanes) is 9. The standard InChI is InChI=1S/C12H26O4S.C2H6OS/c1-2-3-4-5-6-7-8-9-10-11-12-16-17(13,14)15;1-2(3)4/h2-12H2,1H3,(H,13,14,15);2-4H,1H3. The fraction of sp³-hybridized carbons (Fsp3) is 1.00. The van der Waals surface area contributed by atoms with Gasteiger partial charge in [-0.3, -0.25) is 4.55 Å². The Kier molecular flexibility index (Phi) is 18.5. The first-order chi connectivity index (χ1) is 9.79. The minimum atomic E-state index is -4.23. The summed E-state index contributed by atoms with van der Waals surface area (Å²) in [6.45, 7) is 3.90. The molecule has 0 spiro atoms. The van der Waals surface area contributed by atoms with Crippen molar-refractivity contribution >= 4 is 23.0 Å². The summed E-state index contributed by atoms with van der Waals surface area (Å²) in [6.07, 6.45) is 11.9. The molecule has 7 heteroatoms. The van der Waals surface area contributed by atoms with E-state index in [0.29, 0.717) is 6.42 Å². The Balaban J connectivity index is 0. The summed E-state index contributed by atoms with van der Waals surface area (Å²) >= 11 is 3.52. The van der Waals surface area contributed by atoms with Gasteiger partial charge in [0.05, 0.1) is 12.0 Å². The summed E-state index contributed by atoms with van der Waals surface area (Å²) in [5, 5.41) is 7.92. The van der Waals surface area contributed by atoms with E-state index in [1.54, 1.807) is 6.92 Å². The monoisotopic (exact) mass is 344 g/mol. The molecule has 0 fully saturated rings. The van der Waals surface area contributed by atoms with Crippen molar-refractivity contribution in [3.05, 3.63) is 0 Å². The van der Waals surface area contributed by atoms with Gasteiger partial charge >= 0.3 is 10.4 Å². The maximum absolute atomic E-state index is 10.2. The molecule has 21 heavy (non-hydrogen) atoms. The third kappa shape index (κ3) is 33.2. The number of thiol groups is 1. The number of hydrogen-bond acceptors (Lipinski definition) is 5. The topological polar surface area (TPSA) is 83.8 Å². The lowest BCUT2D eigenvalue weighted by atomic mass is 10.1. The van der Waals surface area contributed by atoms with E-state index in [4.69, 9.17) is 9.66 Å². The zero-order valence-corrected chi connectivity index (χ0v) is 15.0. The first-order valence-corrected chi connectivity index (χ1v) is 9.65. The van der Waals surface area contributed by atoms with Gasteiger partial charge in [-0.25, -0.2) is 4.18 Å². The van der Waals surface area contributed by atoms with Crippen molar-refractivity contribution in [2.24, 2.45) is 0 Å². The van der Waals surface area contributed by atoms with Gasteiger partial charge in [-0.2, -0.15) is 8.42 Å². The maximum Gasteiger partial charge on any atom is 0.397 e. The number of rotatable bonds is 12. The summed E-state index contributed by atoms with van der Waals surface area (Å²) < 4.78 is 33.0. The Morgan fingerprint density at radius 1 is 0.952 bits per heavy atom. The molecule has 1 atom stereocenters. The molecule has 0 aliphatic carbocycles. The normalized spacial score (nSPS) is 12.6. The number of hydrogen-bond donors (Lipinski definition) is 3. The van der Waals surface area contributed by atoms with Crippen molar-refractivity contribution in [3.8, 4) is 0 Å². The Labute approximate surface area is 135 Å². The molecular formula is C14H32O5S2. The molecule has 0 rings (SSSR count). The summed E-state index contributed by atoms with van der Waals surface area (Å²) in [5.74, 6) is 0. The summed E-state index contributed by atoms with van der Waals surface area (Å²) in [7, 11) is -4.23. The van der Waals surface area contributed by atoms with E-state index in [9.17, 15) is 8.42 Å². The van der Waals surface area contributed by atoms with Crippen LogP contribution in [-0.4, -0.2) is 30.1 Å². The van der Waals surface area contributed by atoms with Crippen molar-refractivity contribution in [2.75, 3.05) is 6.61 Å². The molecule has 0 aliphatic heterocycles. The minimum Gasteiger partial charge on any atom is -0.383 e. The Morgan fingerprint density at radius 3 is 1.62 bits per heavy atom. The molecule has 0 aliphatic rings. The number of aliphatic hydroxyl groups is 1. The summed E-state index contributed by atoms with van der Waals surface area (Å²) in [6, 6.07) is 0. The molecule has 0 aromatic carbocycles. The van der Waals surface area contributed by atoms with Gasteiger partial charge in [0, 0.05) is 0 Å². The zero-order chi connectivity index (χ0) is 16.6. The molecule has 2 N–H and O–H groups in total. The first-order valence-electron chi connectivity index (χ1n) is 7.77. The van der Waals surface area contributed by atoms with E-state index in [1.165, 1.54) is 44.9 Å². The molecule has 0 amide bonds. The van der Waals surface area contributed by atoms with Crippen LogP contribution in [0.3, 0.4) is 0 Å². The number of aliphatic hydroxyl groups excluding tert-OH is 1. The van der Waals surface area contributed by atoms with E-state index in [1.807, 2.05) is 0 Å². The highest BCUT2D eigenvalue weighted by Gasteiger charge is 2.02. The molecular weight excluding hydrogens is 312 g/mol. The van der Waals surface area contributed by atoms with Crippen molar-refractivity contribution in [1.82, 2.24) is 0 Å². The highest BCUT2D eigenvalue weighted by atomic mass is 32.3. The van der Waals surface area contributed by atoms with E-state index in [2.05, 4.69) is 23.7 Å². The van der Waals surface area contributed by atoms with Crippen molar-refractivity contribution in [2.45, 2.75) is 83.5 Å². The Morgan fingerprint density at radius 2 is 1.29 bits per heavy atom. The molecule has 0 radical (unpaired) electrons. The summed E-state index contributed by atoms with van der Waals surface area (Å²) in [5.41, 5.74) is -0.472. The van der Waals surface area contributed by atoms with E-state index in [-0.39, 0.29) is 6.61 Å². The molecule has 0 bridgehead atoms. The average molecular weight is 345 g/mol. The van der Waals surface area contributed by atoms with Gasteiger partial charge in [0.15, 0.2) is 0 Å². The molecule has 1 unspecified atom stereocenters. The smallest absolute Gasteiger partial charge is 0.383 e. The van der Waals surface area contributed by atoms with E-state index < -0.39 is 15.8 Å².